The van der Waals surface area contributed by atoms with Gasteiger partial charge in [0.15, 0.2) is 5.82 Å². The highest BCUT2D eigenvalue weighted by Crippen LogP contribution is 2.37. The number of fused-ring (bicyclic) bond motifs is 3. The molecular weight excluding hydrogens is 449 g/mol. The Balaban J connectivity index is 1.42. The average Bonchev–Trinajstić information content (AvgIpc) is 3.14. The van der Waals surface area contributed by atoms with Gasteiger partial charge in [0.25, 0.3) is 6.10 Å². The van der Waals surface area contributed by atoms with E-state index >= 15 is 0 Å². The number of likely N-dealkylation sites (tertiary alicyclic amines) is 1. The number of aromatic nitrogens is 3. The minimum absolute atomic E-state index is 0.0752. The van der Waals surface area contributed by atoms with E-state index in [9.17, 15) is 35.5 Å². The molecule has 1 saturated heterocycles. The van der Waals surface area contributed by atoms with Crippen LogP contribution in [0, 0.1) is 5.82 Å². The maximum Gasteiger partial charge on any atom is 0.434 e. The Morgan fingerprint density at radius 1 is 1.06 bits per heavy atom. The molecule has 0 bridgehead atoms. The van der Waals surface area contributed by atoms with Crippen LogP contribution in [0.15, 0.2) is 18.3 Å². The lowest BCUT2D eigenvalue weighted by Crippen LogP contribution is -2.49. The van der Waals surface area contributed by atoms with Crippen LogP contribution in [-0.4, -0.2) is 57.3 Å². The number of piperidine rings is 1. The lowest BCUT2D eigenvalue weighted by molar-refractivity contribution is -0.308. The van der Waals surface area contributed by atoms with Crippen LogP contribution < -0.4 is 0 Å². The van der Waals surface area contributed by atoms with Gasteiger partial charge in [0.05, 0.1) is 11.9 Å². The molecule has 6 nitrogen and oxygen atoms in total. The van der Waals surface area contributed by atoms with Gasteiger partial charge in [-0.25, -0.2) is 18.9 Å². The number of rotatable bonds is 2. The first kappa shape index (κ1) is 22.3. The van der Waals surface area contributed by atoms with Crippen molar-refractivity contribution in [3.05, 3.63) is 41.1 Å². The third-order valence-corrected chi connectivity index (χ3v) is 5.55. The summed E-state index contributed by atoms with van der Waals surface area (Å²) < 4.78 is 94.5. The lowest BCUT2D eigenvalue weighted by Gasteiger charge is -2.32. The van der Waals surface area contributed by atoms with Gasteiger partial charge in [-0.2, -0.15) is 31.4 Å². The van der Waals surface area contributed by atoms with E-state index in [1.807, 2.05) is 6.07 Å². The molecule has 4 rings (SSSR count). The number of hydrogen-bond acceptors (Lipinski definition) is 4. The average molecular weight is 466 g/mol. The number of hydrogen-bond donors (Lipinski definition) is 0. The molecule has 1 fully saturated rings. The summed E-state index contributed by atoms with van der Waals surface area (Å²) >= 11 is 0. The monoisotopic (exact) mass is 466 g/mol. The minimum Gasteiger partial charge on any atom is -0.426 e. The van der Waals surface area contributed by atoms with E-state index in [1.165, 1.54) is 6.07 Å². The number of ether oxygens (including phenoxy) is 1. The summed E-state index contributed by atoms with van der Waals surface area (Å²) in [6.07, 6.45) is -14.5. The van der Waals surface area contributed by atoms with Gasteiger partial charge in [0.1, 0.15) is 5.82 Å². The van der Waals surface area contributed by atoms with E-state index in [0.29, 0.717) is 29.9 Å². The molecule has 13 heteroatoms. The highest BCUT2D eigenvalue weighted by molar-refractivity contribution is 5.68. The van der Waals surface area contributed by atoms with E-state index in [-0.39, 0.29) is 31.8 Å². The molecule has 0 spiro atoms. The predicted molar refractivity (Wildman–Crippen MR) is 94.7 cm³/mol. The highest BCUT2D eigenvalue weighted by Gasteiger charge is 2.60. The van der Waals surface area contributed by atoms with Crippen molar-refractivity contribution in [3.63, 3.8) is 0 Å². The van der Waals surface area contributed by atoms with Gasteiger partial charge in [-0.1, -0.05) is 0 Å². The van der Waals surface area contributed by atoms with Crippen LogP contribution in [0.5, 0.6) is 0 Å². The summed E-state index contributed by atoms with van der Waals surface area (Å²) in [5.74, 6) is -0.0792. The smallest absolute Gasteiger partial charge is 0.426 e. The van der Waals surface area contributed by atoms with Gasteiger partial charge in [-0.3, -0.25) is 0 Å². The van der Waals surface area contributed by atoms with Crippen molar-refractivity contribution < 1.29 is 40.3 Å². The van der Waals surface area contributed by atoms with E-state index in [4.69, 9.17) is 0 Å². The van der Waals surface area contributed by atoms with Crippen molar-refractivity contribution >= 4 is 6.09 Å². The van der Waals surface area contributed by atoms with E-state index < -0.39 is 30.4 Å². The summed E-state index contributed by atoms with van der Waals surface area (Å²) in [4.78, 5) is 16.8. The fourth-order valence-electron chi connectivity index (χ4n) is 3.97. The van der Waals surface area contributed by atoms with Crippen LogP contribution in [0.25, 0.3) is 5.82 Å². The Labute approximate surface area is 177 Å². The minimum atomic E-state index is -5.75. The van der Waals surface area contributed by atoms with Crippen LogP contribution >= 0.6 is 0 Å². The second-order valence-electron chi connectivity index (χ2n) is 7.72. The Hall–Kier alpha value is -2.86. The number of halogens is 7. The van der Waals surface area contributed by atoms with Gasteiger partial charge >= 0.3 is 18.4 Å². The molecule has 2 aromatic rings. The molecule has 0 radical (unpaired) electrons. The maximum atomic E-state index is 13.4. The zero-order valence-electron chi connectivity index (χ0n) is 16.4. The van der Waals surface area contributed by atoms with E-state index in [2.05, 4.69) is 14.8 Å². The van der Waals surface area contributed by atoms with Crippen molar-refractivity contribution in [3.8, 4) is 5.82 Å². The normalized spacial score (nSPS) is 17.3. The quantitative estimate of drug-likeness (QED) is 0.619. The molecule has 32 heavy (non-hydrogen) atoms. The van der Waals surface area contributed by atoms with Gasteiger partial charge in [0, 0.05) is 30.3 Å². The molecule has 0 aliphatic carbocycles. The zero-order valence-corrected chi connectivity index (χ0v) is 16.4. The number of carbonyl (C=O) groups is 1. The molecule has 2 aliphatic heterocycles. The number of pyridine rings is 1. The SMILES string of the molecule is O=C(OC(C(F)(F)F)C(F)(F)F)N1CCC(c2cc3n(n2)-c2ncc(F)cc2CC3)CC1. The largest absolute Gasteiger partial charge is 0.434 e. The van der Waals surface area contributed by atoms with Crippen LogP contribution in [0.2, 0.25) is 0 Å². The van der Waals surface area contributed by atoms with Crippen LogP contribution in [0.1, 0.15) is 35.7 Å². The van der Waals surface area contributed by atoms with Crippen LogP contribution in [0.3, 0.4) is 0 Å². The van der Waals surface area contributed by atoms with Crippen molar-refractivity contribution in [2.45, 2.75) is 50.1 Å². The molecule has 1 amide bonds. The number of carbonyl (C=O) groups excluding carboxylic acids is 1. The first-order chi connectivity index (χ1) is 14.9. The summed E-state index contributed by atoms with van der Waals surface area (Å²) in [6, 6.07) is 3.25. The number of aryl methyl sites for hydroxylation is 2. The number of amides is 1. The zero-order chi connectivity index (χ0) is 23.3. The fourth-order valence-corrected chi connectivity index (χ4v) is 3.97. The first-order valence-corrected chi connectivity index (χ1v) is 9.76. The third-order valence-electron chi connectivity index (χ3n) is 5.55. The van der Waals surface area contributed by atoms with Crippen LogP contribution in [0.4, 0.5) is 35.5 Å². The highest BCUT2D eigenvalue weighted by atomic mass is 19.4. The summed E-state index contributed by atoms with van der Waals surface area (Å²) in [7, 11) is 0. The van der Waals surface area contributed by atoms with Crippen LogP contribution in [-0.2, 0) is 17.6 Å². The Kier molecular flexibility index (Phi) is 5.53. The van der Waals surface area contributed by atoms with Gasteiger partial charge in [-0.15, -0.1) is 0 Å². The topological polar surface area (TPSA) is 60.2 Å². The number of alkyl halides is 6. The Morgan fingerprint density at radius 3 is 2.34 bits per heavy atom. The first-order valence-electron chi connectivity index (χ1n) is 9.76. The van der Waals surface area contributed by atoms with Crippen molar-refractivity contribution in [2.75, 3.05) is 13.1 Å². The molecule has 4 heterocycles. The van der Waals surface area contributed by atoms with E-state index in [1.54, 1.807) is 4.68 Å². The van der Waals surface area contributed by atoms with E-state index in [0.717, 1.165) is 16.8 Å². The maximum absolute atomic E-state index is 13.4. The fraction of sp³-hybridized carbons (Fsp3) is 0.526. The van der Waals surface area contributed by atoms with Gasteiger partial charge < -0.3 is 9.64 Å². The van der Waals surface area contributed by atoms with Crippen molar-refractivity contribution in [1.82, 2.24) is 19.7 Å². The number of nitrogens with zero attached hydrogens (tertiary/aromatic N) is 4. The molecule has 174 valence electrons. The molecule has 0 atom stereocenters. The molecular formula is C19H17F7N4O2. The van der Waals surface area contributed by atoms with Gasteiger partial charge in [-0.05, 0) is 37.8 Å². The molecule has 2 aromatic heterocycles. The lowest BCUT2D eigenvalue weighted by atomic mass is 9.93. The molecule has 2 aliphatic rings. The summed E-state index contributed by atoms with van der Waals surface area (Å²) in [5, 5.41) is 4.53. The molecule has 0 N–H and O–H groups in total. The second-order valence-corrected chi connectivity index (χ2v) is 7.72. The van der Waals surface area contributed by atoms with Crippen molar-refractivity contribution in [1.29, 1.82) is 0 Å². The Morgan fingerprint density at radius 2 is 1.72 bits per heavy atom. The summed E-state index contributed by atoms with van der Waals surface area (Å²) in [5.41, 5.74) is 2.26. The third kappa shape index (κ3) is 4.37. The molecule has 0 saturated carbocycles. The second kappa shape index (κ2) is 7.93. The Bertz CT molecular complexity index is 996. The van der Waals surface area contributed by atoms with Gasteiger partial charge in [0.2, 0.25) is 0 Å². The predicted octanol–water partition coefficient (Wildman–Crippen LogP) is 4.31. The summed E-state index contributed by atoms with van der Waals surface area (Å²) in [6.45, 7) is -0.150. The molecule has 0 aromatic carbocycles. The van der Waals surface area contributed by atoms with Crippen molar-refractivity contribution in [2.24, 2.45) is 0 Å². The molecule has 0 unspecified atom stereocenters. The standard InChI is InChI=1S/C19H17F7N4O2/c20-12-7-11-1-2-13-8-14(28-30(13)15(11)27-9-12)10-3-5-29(6-4-10)17(31)32-16(18(21,22)23)19(24,25)26/h7-10,16H,1-6H2.